The molecule has 0 bridgehead atoms. The van der Waals surface area contributed by atoms with Gasteiger partial charge >= 0.3 is 0 Å². The lowest BCUT2D eigenvalue weighted by Crippen LogP contribution is -2.25. The molecule has 0 saturated heterocycles. The minimum absolute atomic E-state index is 0.375. The second kappa shape index (κ2) is 7.12. The van der Waals surface area contributed by atoms with Gasteiger partial charge < -0.3 is 9.88 Å². The van der Waals surface area contributed by atoms with E-state index in [9.17, 15) is 9.59 Å². The van der Waals surface area contributed by atoms with Crippen molar-refractivity contribution >= 4 is 28.3 Å². The summed E-state index contributed by atoms with van der Waals surface area (Å²) >= 11 is 0. The molecule has 5 heteroatoms. The molecule has 0 aliphatic heterocycles. The first-order valence-corrected chi connectivity index (χ1v) is 8.97. The third kappa shape index (κ3) is 3.07. The number of carbonyl (C=O) groups is 2. The summed E-state index contributed by atoms with van der Waals surface area (Å²) < 4.78 is 1.71. The number of carbonyl (C=O) groups excluding carboxylic acids is 2. The fourth-order valence-corrected chi connectivity index (χ4v) is 3.52. The number of ketones is 1. The van der Waals surface area contributed by atoms with E-state index in [4.69, 9.17) is 0 Å². The molecule has 2 heterocycles. The molecule has 4 rings (SSSR count). The number of nitrogens with one attached hydrogen (secondary N) is 1. The topological polar surface area (TPSA) is 64.0 Å². The minimum atomic E-state index is -0.672. The monoisotopic (exact) mass is 369 g/mol. The molecular weight excluding hydrogens is 350 g/mol. The number of nitrogens with zero attached hydrogens (tertiary/aromatic N) is 2. The number of amides is 1. The maximum Gasteiger partial charge on any atom is 0.298 e. The maximum absolute atomic E-state index is 13.1. The summed E-state index contributed by atoms with van der Waals surface area (Å²) in [7, 11) is 1.78. The van der Waals surface area contributed by atoms with Gasteiger partial charge in [-0.05, 0) is 42.3 Å². The van der Waals surface area contributed by atoms with Crippen LogP contribution in [0.2, 0.25) is 0 Å². The molecule has 4 aromatic rings. The van der Waals surface area contributed by atoms with Crippen LogP contribution in [-0.4, -0.2) is 21.2 Å². The van der Waals surface area contributed by atoms with Crippen LogP contribution in [0.25, 0.3) is 22.0 Å². The van der Waals surface area contributed by atoms with E-state index in [1.807, 2.05) is 55.6 Å². The van der Waals surface area contributed by atoms with Gasteiger partial charge in [0.15, 0.2) is 0 Å². The zero-order valence-electron chi connectivity index (χ0n) is 15.6. The predicted octanol–water partition coefficient (Wildman–Crippen LogP) is 4.37. The zero-order chi connectivity index (χ0) is 19.7. The Kier molecular flexibility index (Phi) is 4.49. The van der Waals surface area contributed by atoms with E-state index in [0.29, 0.717) is 11.4 Å². The Balaban J connectivity index is 1.71. The van der Waals surface area contributed by atoms with Gasteiger partial charge in [-0.1, -0.05) is 36.4 Å². The van der Waals surface area contributed by atoms with Gasteiger partial charge in [0, 0.05) is 30.4 Å². The van der Waals surface area contributed by atoms with Crippen LogP contribution in [0.4, 0.5) is 5.69 Å². The summed E-state index contributed by atoms with van der Waals surface area (Å²) in [5.41, 5.74) is 4.33. The van der Waals surface area contributed by atoms with Gasteiger partial charge in [-0.3, -0.25) is 14.6 Å². The number of rotatable bonds is 4. The van der Waals surface area contributed by atoms with Gasteiger partial charge in [-0.25, -0.2) is 0 Å². The van der Waals surface area contributed by atoms with Crippen LogP contribution < -0.4 is 5.32 Å². The number of pyridine rings is 1. The summed E-state index contributed by atoms with van der Waals surface area (Å²) in [5.74, 6) is -1.25. The molecule has 5 nitrogen and oxygen atoms in total. The van der Waals surface area contributed by atoms with Crippen LogP contribution in [0.15, 0.2) is 73.1 Å². The number of hydrogen-bond donors (Lipinski definition) is 1. The fraction of sp³-hybridized carbons (Fsp3) is 0.0870. The minimum Gasteiger partial charge on any atom is -0.347 e. The summed E-state index contributed by atoms with van der Waals surface area (Å²) in [4.78, 5) is 30.2. The van der Waals surface area contributed by atoms with E-state index < -0.39 is 11.7 Å². The van der Waals surface area contributed by atoms with Crippen molar-refractivity contribution in [2.45, 2.75) is 6.92 Å². The smallest absolute Gasteiger partial charge is 0.298 e. The van der Waals surface area contributed by atoms with Crippen molar-refractivity contribution in [3.8, 4) is 11.1 Å². The number of fused-ring (bicyclic) bond motifs is 1. The van der Waals surface area contributed by atoms with Crippen molar-refractivity contribution in [1.82, 2.24) is 9.55 Å². The lowest BCUT2D eigenvalue weighted by Gasteiger charge is -2.10. The third-order valence-corrected chi connectivity index (χ3v) is 4.75. The fourth-order valence-electron chi connectivity index (χ4n) is 3.52. The van der Waals surface area contributed by atoms with Crippen LogP contribution in [0.1, 0.15) is 16.1 Å². The van der Waals surface area contributed by atoms with E-state index in [1.165, 1.54) is 0 Å². The number of anilines is 1. The van der Waals surface area contributed by atoms with Crippen LogP contribution in [0.5, 0.6) is 0 Å². The molecular formula is C23H19N3O2. The highest BCUT2D eigenvalue weighted by Crippen LogP contribution is 2.29. The zero-order valence-corrected chi connectivity index (χ0v) is 15.6. The number of aryl methyl sites for hydroxylation is 2. The molecule has 2 aromatic heterocycles. The van der Waals surface area contributed by atoms with Crippen molar-refractivity contribution in [2.75, 3.05) is 5.32 Å². The standard InChI is InChI=1S/C23H19N3O2/c1-15-14-26(2)21(20(15)16-8-4-3-5-9-16)22(27)23(28)25-19-12-6-11-18-17(19)10-7-13-24-18/h3-14H,1-2H3,(H,25,28). The highest BCUT2D eigenvalue weighted by Gasteiger charge is 2.25. The lowest BCUT2D eigenvalue weighted by molar-refractivity contribution is -0.112. The quantitative estimate of drug-likeness (QED) is 0.429. The Labute approximate surface area is 162 Å². The number of Topliss-reactive ketones (excluding diaryl/α,β-unsaturated/α-hetero) is 1. The Bertz CT molecular complexity index is 1190. The van der Waals surface area contributed by atoms with Crippen LogP contribution >= 0.6 is 0 Å². The first-order valence-electron chi connectivity index (χ1n) is 8.97. The molecule has 0 aliphatic rings. The second-order valence-electron chi connectivity index (χ2n) is 6.67. The van der Waals surface area contributed by atoms with Crippen LogP contribution in [-0.2, 0) is 11.8 Å². The lowest BCUT2D eigenvalue weighted by atomic mass is 10.00. The van der Waals surface area contributed by atoms with Gasteiger partial charge in [0.05, 0.1) is 11.2 Å². The molecule has 0 fully saturated rings. The van der Waals surface area contributed by atoms with E-state index in [0.717, 1.165) is 27.6 Å². The molecule has 0 aliphatic carbocycles. The molecule has 0 atom stereocenters. The van der Waals surface area contributed by atoms with Crippen molar-refractivity contribution in [2.24, 2.45) is 7.05 Å². The van der Waals surface area contributed by atoms with Crippen molar-refractivity contribution in [3.63, 3.8) is 0 Å². The van der Waals surface area contributed by atoms with E-state index in [1.54, 1.807) is 36.0 Å². The average molecular weight is 369 g/mol. The van der Waals surface area contributed by atoms with Crippen LogP contribution in [0, 0.1) is 6.92 Å². The van der Waals surface area contributed by atoms with E-state index >= 15 is 0 Å². The predicted molar refractivity (Wildman–Crippen MR) is 110 cm³/mol. The Morgan fingerprint density at radius 1 is 0.964 bits per heavy atom. The van der Waals surface area contributed by atoms with Gasteiger partial charge in [-0.2, -0.15) is 0 Å². The highest BCUT2D eigenvalue weighted by molar-refractivity contribution is 6.47. The van der Waals surface area contributed by atoms with Crippen molar-refractivity contribution < 1.29 is 9.59 Å². The molecule has 1 N–H and O–H groups in total. The molecule has 0 unspecified atom stereocenters. The maximum atomic E-state index is 13.1. The summed E-state index contributed by atoms with van der Waals surface area (Å²) in [6.07, 6.45) is 3.56. The second-order valence-corrected chi connectivity index (χ2v) is 6.67. The average Bonchev–Trinajstić information content (AvgIpc) is 3.02. The number of hydrogen-bond acceptors (Lipinski definition) is 3. The molecule has 0 saturated carbocycles. The van der Waals surface area contributed by atoms with Gasteiger partial charge in [-0.15, -0.1) is 0 Å². The molecule has 0 spiro atoms. The van der Waals surface area contributed by atoms with Crippen molar-refractivity contribution in [3.05, 3.63) is 84.3 Å². The first-order chi connectivity index (χ1) is 13.6. The normalized spacial score (nSPS) is 10.8. The highest BCUT2D eigenvalue weighted by atomic mass is 16.2. The van der Waals surface area contributed by atoms with E-state index in [2.05, 4.69) is 10.3 Å². The van der Waals surface area contributed by atoms with Gasteiger partial charge in [0.25, 0.3) is 11.7 Å². The van der Waals surface area contributed by atoms with E-state index in [-0.39, 0.29) is 0 Å². The van der Waals surface area contributed by atoms with Crippen LogP contribution in [0.3, 0.4) is 0 Å². The molecule has 1 amide bonds. The molecule has 2 aromatic carbocycles. The summed E-state index contributed by atoms with van der Waals surface area (Å²) in [5, 5.41) is 3.55. The van der Waals surface area contributed by atoms with Crippen molar-refractivity contribution in [1.29, 1.82) is 0 Å². The first kappa shape index (κ1) is 17.7. The SMILES string of the molecule is Cc1cn(C)c(C(=O)C(=O)Nc2cccc3ncccc23)c1-c1ccccc1. The Morgan fingerprint density at radius 3 is 2.54 bits per heavy atom. The Morgan fingerprint density at radius 2 is 1.75 bits per heavy atom. The van der Waals surface area contributed by atoms with Gasteiger partial charge in [0.2, 0.25) is 0 Å². The molecule has 138 valence electrons. The van der Waals surface area contributed by atoms with Gasteiger partial charge in [0.1, 0.15) is 5.69 Å². The third-order valence-electron chi connectivity index (χ3n) is 4.75. The Hall–Kier alpha value is -3.73. The molecule has 0 radical (unpaired) electrons. The summed E-state index contributed by atoms with van der Waals surface area (Å²) in [6.45, 7) is 1.94. The largest absolute Gasteiger partial charge is 0.347 e. The summed E-state index contributed by atoms with van der Waals surface area (Å²) in [6, 6.07) is 18.7. The molecule has 28 heavy (non-hydrogen) atoms. The number of benzene rings is 2. The number of aromatic nitrogens is 2.